The molecule has 0 aromatic heterocycles. The highest BCUT2D eigenvalue weighted by molar-refractivity contribution is 14.1. The van der Waals surface area contributed by atoms with Crippen molar-refractivity contribution in [3.8, 4) is 11.5 Å². The number of aliphatic imine (C=N–C) groups is 1. The molecule has 0 saturated carbocycles. The Morgan fingerprint density at radius 1 is 1.26 bits per heavy atom. The molecule has 0 N–H and O–H groups in total. The van der Waals surface area contributed by atoms with Gasteiger partial charge in [0.2, 0.25) is 5.90 Å². The van der Waals surface area contributed by atoms with Gasteiger partial charge in [0.15, 0.2) is 17.2 Å². The minimum absolute atomic E-state index is 0.185. The molecule has 2 aromatic carbocycles. The van der Waals surface area contributed by atoms with E-state index in [2.05, 4.69) is 27.6 Å². The Kier molecular flexibility index (Phi) is 5.90. The molecule has 7 heteroatoms. The van der Waals surface area contributed by atoms with Gasteiger partial charge in [0, 0.05) is 12.0 Å². The van der Waals surface area contributed by atoms with Crippen LogP contribution < -0.4 is 9.47 Å². The lowest BCUT2D eigenvalue weighted by Crippen LogP contribution is -2.08. The molecule has 0 amide bonds. The van der Waals surface area contributed by atoms with Gasteiger partial charge >= 0.3 is 11.9 Å². The fraction of sp³-hybridized carbons (Fsp3) is 0.150. The summed E-state index contributed by atoms with van der Waals surface area (Å²) < 4.78 is 16.6. The number of methoxy groups -OCH3 is 1. The summed E-state index contributed by atoms with van der Waals surface area (Å²) in [6.07, 6.45) is 1.86. The number of esters is 2. The molecule has 0 aliphatic carbocycles. The van der Waals surface area contributed by atoms with Gasteiger partial charge in [0.25, 0.3) is 0 Å². The SMILES string of the molecule is CCC(=O)Oc1c(I)cc(/C=C2\N=C(c3ccccc3)OC2=O)cc1OC. The van der Waals surface area contributed by atoms with E-state index >= 15 is 0 Å². The predicted molar refractivity (Wildman–Crippen MR) is 109 cm³/mol. The number of nitrogens with zero attached hydrogens (tertiary/aromatic N) is 1. The van der Waals surface area contributed by atoms with Gasteiger partial charge in [0.1, 0.15) is 0 Å². The minimum atomic E-state index is -0.524. The van der Waals surface area contributed by atoms with Gasteiger partial charge in [-0.05, 0) is 58.5 Å². The average molecular weight is 477 g/mol. The van der Waals surface area contributed by atoms with E-state index in [-0.39, 0.29) is 24.0 Å². The maximum absolute atomic E-state index is 12.1. The van der Waals surface area contributed by atoms with E-state index < -0.39 is 5.97 Å². The van der Waals surface area contributed by atoms with Crippen molar-refractivity contribution >= 4 is 46.5 Å². The molecule has 138 valence electrons. The van der Waals surface area contributed by atoms with Gasteiger partial charge in [-0.25, -0.2) is 9.79 Å². The molecular weight excluding hydrogens is 461 g/mol. The Labute approximate surface area is 170 Å². The van der Waals surface area contributed by atoms with Gasteiger partial charge in [-0.3, -0.25) is 4.79 Å². The molecule has 1 heterocycles. The van der Waals surface area contributed by atoms with E-state index in [0.29, 0.717) is 20.6 Å². The molecule has 0 spiro atoms. The first-order valence-corrected chi connectivity index (χ1v) is 9.26. The second-order valence-electron chi connectivity index (χ2n) is 5.56. The third-order valence-electron chi connectivity index (χ3n) is 3.70. The Morgan fingerprint density at radius 2 is 2.00 bits per heavy atom. The summed E-state index contributed by atoms with van der Waals surface area (Å²) in [5.74, 6) is 0.142. The minimum Gasteiger partial charge on any atom is -0.493 e. The molecule has 27 heavy (non-hydrogen) atoms. The maximum Gasteiger partial charge on any atom is 0.363 e. The second-order valence-corrected chi connectivity index (χ2v) is 6.73. The standard InChI is InChI=1S/C20H16INO5/c1-3-17(23)26-18-14(21)9-12(11-16(18)25-2)10-15-20(24)27-19(22-15)13-7-5-4-6-8-13/h4-11H,3H2,1-2H3/b15-10-. The molecule has 0 bridgehead atoms. The zero-order valence-electron chi connectivity index (χ0n) is 14.7. The summed E-state index contributed by atoms with van der Waals surface area (Å²) in [4.78, 5) is 28.0. The van der Waals surface area contributed by atoms with E-state index in [9.17, 15) is 9.59 Å². The van der Waals surface area contributed by atoms with Gasteiger partial charge in [-0.1, -0.05) is 25.1 Å². The van der Waals surface area contributed by atoms with Gasteiger partial charge in [0.05, 0.1) is 10.7 Å². The van der Waals surface area contributed by atoms with Crippen LogP contribution >= 0.6 is 22.6 Å². The summed E-state index contributed by atoms with van der Waals surface area (Å²) in [6.45, 7) is 1.72. The van der Waals surface area contributed by atoms with E-state index in [0.717, 1.165) is 5.56 Å². The smallest absolute Gasteiger partial charge is 0.363 e. The van der Waals surface area contributed by atoms with Crippen LogP contribution in [-0.2, 0) is 14.3 Å². The van der Waals surface area contributed by atoms with Crippen LogP contribution in [0.25, 0.3) is 6.08 Å². The number of hydrogen-bond acceptors (Lipinski definition) is 6. The first-order valence-electron chi connectivity index (χ1n) is 8.18. The topological polar surface area (TPSA) is 74.2 Å². The highest BCUT2D eigenvalue weighted by Gasteiger charge is 2.24. The van der Waals surface area contributed by atoms with Crippen molar-refractivity contribution in [2.45, 2.75) is 13.3 Å². The first-order chi connectivity index (χ1) is 13.0. The molecule has 1 aliphatic rings. The highest BCUT2D eigenvalue weighted by Crippen LogP contribution is 2.35. The maximum atomic E-state index is 12.1. The molecule has 0 atom stereocenters. The molecule has 2 aromatic rings. The highest BCUT2D eigenvalue weighted by atomic mass is 127. The molecule has 1 aliphatic heterocycles. The molecule has 3 rings (SSSR count). The van der Waals surface area contributed by atoms with Crippen LogP contribution in [0.2, 0.25) is 0 Å². The van der Waals surface area contributed by atoms with Gasteiger partial charge in [-0.2, -0.15) is 0 Å². The van der Waals surface area contributed by atoms with Crippen LogP contribution in [0.4, 0.5) is 0 Å². The number of rotatable bonds is 5. The zero-order valence-corrected chi connectivity index (χ0v) is 16.8. The summed E-state index contributed by atoms with van der Waals surface area (Å²) >= 11 is 2.05. The molecular formula is C20H16INO5. The lowest BCUT2D eigenvalue weighted by molar-refractivity contribution is -0.134. The van der Waals surface area contributed by atoms with Crippen molar-refractivity contribution in [2.24, 2.45) is 4.99 Å². The van der Waals surface area contributed by atoms with Crippen LogP contribution in [0.1, 0.15) is 24.5 Å². The number of hydrogen-bond donors (Lipinski definition) is 0. The third-order valence-corrected chi connectivity index (χ3v) is 4.50. The van der Waals surface area contributed by atoms with Crippen molar-refractivity contribution in [1.82, 2.24) is 0 Å². The molecule has 0 fully saturated rings. The molecule has 0 saturated heterocycles. The zero-order chi connectivity index (χ0) is 19.4. The number of halogens is 1. The summed E-state index contributed by atoms with van der Waals surface area (Å²) in [5, 5.41) is 0. The van der Waals surface area contributed by atoms with E-state index in [1.807, 2.05) is 30.3 Å². The number of ether oxygens (including phenoxy) is 3. The molecule has 0 radical (unpaired) electrons. The number of carbonyl (C=O) groups is 2. The van der Waals surface area contributed by atoms with Crippen LogP contribution in [0.15, 0.2) is 53.2 Å². The van der Waals surface area contributed by atoms with Crippen molar-refractivity contribution in [1.29, 1.82) is 0 Å². The van der Waals surface area contributed by atoms with Crippen LogP contribution in [-0.4, -0.2) is 24.9 Å². The van der Waals surface area contributed by atoms with Crippen molar-refractivity contribution in [2.75, 3.05) is 7.11 Å². The average Bonchev–Trinajstić information content (AvgIpc) is 3.04. The van der Waals surface area contributed by atoms with Crippen molar-refractivity contribution < 1.29 is 23.8 Å². The molecule has 6 nitrogen and oxygen atoms in total. The van der Waals surface area contributed by atoms with Crippen LogP contribution in [0, 0.1) is 3.57 Å². The number of benzene rings is 2. The van der Waals surface area contributed by atoms with Gasteiger partial charge < -0.3 is 14.2 Å². The Hall–Kier alpha value is -2.68. The Bertz CT molecular complexity index is 950. The quantitative estimate of drug-likeness (QED) is 0.282. The lowest BCUT2D eigenvalue weighted by Gasteiger charge is -2.11. The first kappa shape index (κ1) is 19.1. The van der Waals surface area contributed by atoms with E-state index in [1.54, 1.807) is 25.1 Å². The monoisotopic (exact) mass is 477 g/mol. The fourth-order valence-corrected chi connectivity index (χ4v) is 3.11. The summed E-state index contributed by atoms with van der Waals surface area (Å²) in [6, 6.07) is 12.6. The van der Waals surface area contributed by atoms with E-state index in [1.165, 1.54) is 7.11 Å². The van der Waals surface area contributed by atoms with E-state index in [4.69, 9.17) is 14.2 Å². The number of carbonyl (C=O) groups excluding carboxylic acids is 2. The fourth-order valence-electron chi connectivity index (χ4n) is 2.38. The van der Waals surface area contributed by atoms with Gasteiger partial charge in [-0.15, -0.1) is 0 Å². The summed E-state index contributed by atoms with van der Waals surface area (Å²) in [7, 11) is 1.49. The summed E-state index contributed by atoms with van der Waals surface area (Å²) in [5.41, 5.74) is 1.59. The number of cyclic esters (lactones) is 1. The Balaban J connectivity index is 1.95. The largest absolute Gasteiger partial charge is 0.493 e. The Morgan fingerprint density at radius 3 is 2.67 bits per heavy atom. The third kappa shape index (κ3) is 4.36. The van der Waals surface area contributed by atoms with Crippen LogP contribution in [0.5, 0.6) is 11.5 Å². The van der Waals surface area contributed by atoms with Crippen molar-refractivity contribution in [3.63, 3.8) is 0 Å². The normalized spacial score (nSPS) is 14.7. The van der Waals surface area contributed by atoms with Crippen molar-refractivity contribution in [3.05, 3.63) is 62.9 Å². The molecule has 0 unspecified atom stereocenters. The van der Waals surface area contributed by atoms with Crippen LogP contribution in [0.3, 0.4) is 0 Å². The second kappa shape index (κ2) is 8.34. The lowest BCUT2D eigenvalue weighted by atomic mass is 10.1. The predicted octanol–water partition coefficient (Wildman–Crippen LogP) is 3.96.